The SMILES string of the molecule is COCN1C(=O)CCc2cc(NS(=O)(=O)c3cn(C)c(=O)n(C)c3=O)ccc21. The van der Waals surface area contributed by atoms with Gasteiger partial charge in [-0.3, -0.25) is 23.8 Å². The van der Waals surface area contributed by atoms with Crippen molar-refractivity contribution in [2.45, 2.75) is 17.7 Å². The first-order valence-electron chi connectivity index (χ1n) is 8.37. The molecule has 10 nitrogen and oxygen atoms in total. The number of nitrogens with one attached hydrogen (secondary N) is 1. The number of ether oxygens (including phenoxy) is 1. The van der Waals surface area contributed by atoms with E-state index in [1.54, 1.807) is 12.1 Å². The van der Waals surface area contributed by atoms with E-state index in [0.29, 0.717) is 12.1 Å². The molecule has 1 N–H and O–H groups in total. The Bertz CT molecular complexity index is 1170. The number of benzene rings is 1. The van der Waals surface area contributed by atoms with Gasteiger partial charge in [0.25, 0.3) is 15.6 Å². The fourth-order valence-corrected chi connectivity index (χ4v) is 4.27. The van der Waals surface area contributed by atoms with E-state index >= 15 is 0 Å². The van der Waals surface area contributed by atoms with Gasteiger partial charge < -0.3 is 9.30 Å². The average Bonchev–Trinajstić information content (AvgIpc) is 2.65. The van der Waals surface area contributed by atoms with E-state index in [2.05, 4.69) is 4.72 Å². The molecule has 0 aliphatic carbocycles. The van der Waals surface area contributed by atoms with Crippen molar-refractivity contribution in [2.24, 2.45) is 14.1 Å². The van der Waals surface area contributed by atoms with Crippen molar-refractivity contribution in [1.29, 1.82) is 0 Å². The first-order chi connectivity index (χ1) is 13.2. The second-order valence-corrected chi connectivity index (χ2v) is 8.09. The van der Waals surface area contributed by atoms with Crippen molar-refractivity contribution in [2.75, 3.05) is 23.5 Å². The number of hydrogen-bond donors (Lipinski definition) is 1. The summed E-state index contributed by atoms with van der Waals surface area (Å²) >= 11 is 0. The van der Waals surface area contributed by atoms with Crippen molar-refractivity contribution < 1.29 is 17.9 Å². The van der Waals surface area contributed by atoms with Crippen LogP contribution in [0, 0.1) is 0 Å². The lowest BCUT2D eigenvalue weighted by Gasteiger charge is -2.29. The van der Waals surface area contributed by atoms with Gasteiger partial charge in [-0.2, -0.15) is 0 Å². The Hall–Kier alpha value is -2.92. The monoisotopic (exact) mass is 408 g/mol. The highest BCUT2D eigenvalue weighted by molar-refractivity contribution is 7.92. The maximum atomic E-state index is 12.7. The highest BCUT2D eigenvalue weighted by atomic mass is 32.2. The highest BCUT2D eigenvalue weighted by Crippen LogP contribution is 2.30. The van der Waals surface area contributed by atoms with E-state index in [1.807, 2.05) is 0 Å². The highest BCUT2D eigenvalue weighted by Gasteiger charge is 2.26. The van der Waals surface area contributed by atoms with E-state index < -0.39 is 26.2 Å². The summed E-state index contributed by atoms with van der Waals surface area (Å²) in [5.41, 5.74) is 0.150. The van der Waals surface area contributed by atoms with Crippen LogP contribution in [0.25, 0.3) is 0 Å². The number of aryl methyl sites for hydroxylation is 2. The molecule has 1 amide bonds. The number of fused-ring (bicyclic) bond motifs is 1. The Labute approximate surface area is 161 Å². The molecule has 28 heavy (non-hydrogen) atoms. The minimum Gasteiger partial charge on any atom is -0.364 e. The van der Waals surface area contributed by atoms with Crippen LogP contribution in [0.3, 0.4) is 0 Å². The minimum atomic E-state index is -4.22. The number of carbonyl (C=O) groups excluding carboxylic acids is 1. The van der Waals surface area contributed by atoms with Gasteiger partial charge in [0.15, 0.2) is 4.90 Å². The second-order valence-electron chi connectivity index (χ2n) is 6.44. The third kappa shape index (κ3) is 3.45. The molecule has 0 fully saturated rings. The molecule has 0 saturated carbocycles. The Morgan fingerprint density at radius 3 is 2.54 bits per heavy atom. The van der Waals surface area contributed by atoms with Gasteiger partial charge in [-0.15, -0.1) is 0 Å². The van der Waals surface area contributed by atoms with Crippen LogP contribution in [0.5, 0.6) is 0 Å². The number of hydrogen-bond acceptors (Lipinski definition) is 6. The molecule has 2 heterocycles. The summed E-state index contributed by atoms with van der Waals surface area (Å²) in [5, 5.41) is 0. The summed E-state index contributed by atoms with van der Waals surface area (Å²) in [5.74, 6) is -0.0728. The average molecular weight is 408 g/mol. The number of aromatic nitrogens is 2. The van der Waals surface area contributed by atoms with Gasteiger partial charge in [-0.05, 0) is 30.2 Å². The first kappa shape index (κ1) is 19.8. The number of nitrogens with zero attached hydrogens (tertiary/aromatic N) is 3. The standard InChI is InChI=1S/C17H20N4O6S/c1-19-9-14(16(23)20(2)17(19)24)28(25,26)18-12-5-6-13-11(8-12)4-7-15(22)21(13)10-27-3/h5-6,8-9,18H,4,7,10H2,1-3H3. The molecular weight excluding hydrogens is 388 g/mol. The fraction of sp³-hybridized carbons (Fsp3) is 0.353. The molecule has 2 aromatic rings. The zero-order valence-electron chi connectivity index (χ0n) is 15.6. The molecule has 0 spiro atoms. The molecule has 1 aromatic carbocycles. The lowest BCUT2D eigenvalue weighted by atomic mass is 10.0. The Balaban J connectivity index is 1.98. The predicted molar refractivity (Wildman–Crippen MR) is 102 cm³/mol. The quantitative estimate of drug-likeness (QED) is 0.730. The largest absolute Gasteiger partial charge is 0.364 e. The molecule has 150 valence electrons. The van der Waals surface area contributed by atoms with Crippen molar-refractivity contribution in [1.82, 2.24) is 9.13 Å². The smallest absolute Gasteiger partial charge is 0.330 e. The zero-order chi connectivity index (χ0) is 20.6. The van der Waals surface area contributed by atoms with Gasteiger partial charge in [0.2, 0.25) is 5.91 Å². The number of anilines is 2. The van der Waals surface area contributed by atoms with Gasteiger partial charge in [-0.1, -0.05) is 0 Å². The minimum absolute atomic E-state index is 0.0728. The predicted octanol–water partition coefficient (Wildman–Crippen LogP) is -0.232. The number of carbonyl (C=O) groups is 1. The maximum Gasteiger partial charge on any atom is 0.330 e. The fourth-order valence-electron chi connectivity index (χ4n) is 3.06. The molecule has 0 unspecified atom stereocenters. The summed E-state index contributed by atoms with van der Waals surface area (Å²) in [7, 11) is -0.157. The second kappa shape index (κ2) is 7.24. The number of rotatable bonds is 5. The van der Waals surface area contributed by atoms with Crippen LogP contribution in [-0.4, -0.2) is 37.3 Å². The molecular formula is C17H20N4O6S. The number of amides is 1. The zero-order valence-corrected chi connectivity index (χ0v) is 16.4. The Kier molecular flexibility index (Phi) is 5.13. The van der Waals surface area contributed by atoms with Crippen molar-refractivity contribution in [3.8, 4) is 0 Å². The van der Waals surface area contributed by atoms with Crippen molar-refractivity contribution >= 4 is 27.3 Å². The molecule has 1 aromatic heterocycles. The lowest BCUT2D eigenvalue weighted by Crippen LogP contribution is -2.40. The van der Waals surface area contributed by atoms with Gasteiger partial charge in [0.05, 0.1) is 0 Å². The maximum absolute atomic E-state index is 12.7. The molecule has 1 aliphatic heterocycles. The van der Waals surface area contributed by atoms with Crippen LogP contribution in [0.1, 0.15) is 12.0 Å². The van der Waals surface area contributed by atoms with Gasteiger partial charge in [-0.25, -0.2) is 13.2 Å². The summed E-state index contributed by atoms with van der Waals surface area (Å²) in [6, 6.07) is 4.75. The summed E-state index contributed by atoms with van der Waals surface area (Å²) < 4.78 is 34.6. The normalized spacial score (nSPS) is 14.1. The molecule has 0 radical (unpaired) electrons. The molecule has 11 heteroatoms. The topological polar surface area (TPSA) is 120 Å². The third-order valence-corrected chi connectivity index (χ3v) is 5.86. The van der Waals surface area contributed by atoms with Crippen molar-refractivity contribution in [3.63, 3.8) is 0 Å². The molecule has 3 rings (SSSR count). The van der Waals surface area contributed by atoms with Crippen LogP contribution in [-0.2, 0) is 40.1 Å². The Morgan fingerprint density at radius 2 is 1.86 bits per heavy atom. The van der Waals surface area contributed by atoms with Gasteiger partial charge in [0.1, 0.15) is 6.73 Å². The van der Waals surface area contributed by atoms with Crippen LogP contribution in [0.15, 0.2) is 38.9 Å². The van der Waals surface area contributed by atoms with E-state index in [4.69, 9.17) is 4.74 Å². The van der Waals surface area contributed by atoms with Gasteiger partial charge >= 0.3 is 5.69 Å². The molecule has 1 aliphatic rings. The lowest BCUT2D eigenvalue weighted by molar-refractivity contribution is -0.119. The van der Waals surface area contributed by atoms with E-state index in [-0.39, 0.29) is 24.7 Å². The van der Waals surface area contributed by atoms with E-state index in [9.17, 15) is 22.8 Å². The number of methoxy groups -OCH3 is 1. The summed E-state index contributed by atoms with van der Waals surface area (Å²) in [6.07, 6.45) is 1.74. The summed E-state index contributed by atoms with van der Waals surface area (Å²) in [4.78, 5) is 37.0. The summed E-state index contributed by atoms with van der Waals surface area (Å²) in [6.45, 7) is 0.102. The number of sulfonamides is 1. The van der Waals surface area contributed by atoms with E-state index in [1.165, 1.54) is 32.2 Å². The molecule has 0 bridgehead atoms. The first-order valence-corrected chi connectivity index (χ1v) is 9.85. The van der Waals surface area contributed by atoms with E-state index in [0.717, 1.165) is 20.9 Å². The molecule has 0 saturated heterocycles. The Morgan fingerprint density at radius 1 is 1.14 bits per heavy atom. The van der Waals surface area contributed by atoms with Crippen LogP contribution >= 0.6 is 0 Å². The molecule has 0 atom stereocenters. The third-order valence-electron chi connectivity index (χ3n) is 4.49. The van der Waals surface area contributed by atoms with Crippen LogP contribution in [0.4, 0.5) is 11.4 Å². The van der Waals surface area contributed by atoms with Crippen LogP contribution < -0.4 is 20.9 Å². The van der Waals surface area contributed by atoms with Crippen LogP contribution in [0.2, 0.25) is 0 Å². The van der Waals surface area contributed by atoms with Crippen molar-refractivity contribution in [3.05, 3.63) is 50.8 Å². The van der Waals surface area contributed by atoms with Gasteiger partial charge in [0, 0.05) is 45.2 Å².